The number of rotatable bonds is 6. The number of benzene rings is 9. The van der Waals surface area contributed by atoms with Gasteiger partial charge in [0.05, 0.1) is 11.4 Å². The maximum atomic E-state index is 6.68. The molecule has 1 atom stereocenters. The molecule has 9 aromatic carbocycles. The molecule has 0 bridgehead atoms. The van der Waals surface area contributed by atoms with Crippen LogP contribution in [0.2, 0.25) is 0 Å². The van der Waals surface area contributed by atoms with E-state index in [1.54, 1.807) is 0 Å². The van der Waals surface area contributed by atoms with Crippen LogP contribution in [0.15, 0.2) is 194 Å². The highest BCUT2D eigenvalue weighted by Crippen LogP contribution is 2.48. The molecule has 2 heterocycles. The standard InChI is InChI=1S/C51H34N2OS/c1-3-13-34(14-4-1)51-52-45-29-26-33-25-28-41-39(21-12-22-43(41)49(33)50(45)54-51)35-15-11-18-38(31-35)53(37-16-5-2-6-17-37)46-23-9-7-19-40(46)36-27-30-48-44(32-36)42-20-8-10-24-47(42)55-48/h1-32,51-52H. The van der Waals surface area contributed by atoms with Gasteiger partial charge in [-0.25, -0.2) is 0 Å². The number of hydrogen-bond acceptors (Lipinski definition) is 4. The molecule has 4 heteroatoms. The molecule has 0 amide bonds. The van der Waals surface area contributed by atoms with Gasteiger partial charge in [-0.2, -0.15) is 0 Å². The second-order valence-corrected chi connectivity index (χ2v) is 15.2. The molecule has 0 spiro atoms. The molecule has 55 heavy (non-hydrogen) atoms. The van der Waals surface area contributed by atoms with E-state index in [4.69, 9.17) is 4.74 Å². The molecule has 11 rings (SSSR count). The van der Waals surface area contributed by atoms with Crippen molar-refractivity contribution in [3.63, 3.8) is 0 Å². The normalized spacial score (nSPS) is 13.6. The summed E-state index contributed by atoms with van der Waals surface area (Å²) in [5.41, 5.74) is 10.2. The molecule has 1 N–H and O–H groups in total. The minimum Gasteiger partial charge on any atom is -0.464 e. The molecular weight excluding hydrogens is 689 g/mol. The molecule has 0 saturated carbocycles. The maximum Gasteiger partial charge on any atom is 0.196 e. The van der Waals surface area contributed by atoms with Gasteiger partial charge in [0, 0.05) is 48.1 Å². The highest BCUT2D eigenvalue weighted by Gasteiger charge is 2.26. The van der Waals surface area contributed by atoms with E-state index in [2.05, 4.69) is 198 Å². The second-order valence-electron chi connectivity index (χ2n) is 14.1. The van der Waals surface area contributed by atoms with Crippen LogP contribution in [0.1, 0.15) is 11.8 Å². The summed E-state index contributed by atoms with van der Waals surface area (Å²) in [6.07, 6.45) is -0.227. The van der Waals surface area contributed by atoms with Gasteiger partial charge in [-0.3, -0.25) is 0 Å². The van der Waals surface area contributed by atoms with Gasteiger partial charge in [0.15, 0.2) is 12.0 Å². The van der Waals surface area contributed by atoms with E-state index in [1.807, 2.05) is 17.4 Å². The number of anilines is 4. The maximum absolute atomic E-state index is 6.68. The molecule has 0 fully saturated rings. The minimum atomic E-state index is -0.227. The lowest BCUT2D eigenvalue weighted by molar-refractivity contribution is 0.263. The average Bonchev–Trinajstić information content (AvgIpc) is 3.86. The highest BCUT2D eigenvalue weighted by atomic mass is 32.1. The Balaban J connectivity index is 1.05. The lowest BCUT2D eigenvalue weighted by atomic mass is 9.93. The number of fused-ring (bicyclic) bond motifs is 8. The Morgan fingerprint density at radius 3 is 2.07 bits per heavy atom. The monoisotopic (exact) mass is 722 g/mol. The van der Waals surface area contributed by atoms with E-state index < -0.39 is 0 Å². The number of thiophene rings is 1. The van der Waals surface area contributed by atoms with Gasteiger partial charge in [0.2, 0.25) is 0 Å². The molecule has 0 radical (unpaired) electrons. The number of nitrogens with zero attached hydrogens (tertiary/aromatic N) is 1. The molecule has 3 nitrogen and oxygen atoms in total. The third-order valence-corrected chi connectivity index (χ3v) is 12.0. The number of para-hydroxylation sites is 2. The average molecular weight is 723 g/mol. The van der Waals surface area contributed by atoms with Crippen molar-refractivity contribution in [1.29, 1.82) is 0 Å². The van der Waals surface area contributed by atoms with Crippen LogP contribution >= 0.6 is 11.3 Å². The van der Waals surface area contributed by atoms with Crippen LogP contribution in [0.5, 0.6) is 5.75 Å². The van der Waals surface area contributed by atoms with Crippen molar-refractivity contribution < 1.29 is 4.74 Å². The summed E-state index contributed by atoms with van der Waals surface area (Å²) in [5.74, 6) is 0.906. The molecule has 0 aliphatic carbocycles. The fourth-order valence-corrected chi connectivity index (χ4v) is 9.42. The number of hydrogen-bond donors (Lipinski definition) is 1. The van der Waals surface area contributed by atoms with Gasteiger partial charge in [0.25, 0.3) is 0 Å². The molecule has 260 valence electrons. The Morgan fingerprint density at radius 2 is 1.16 bits per heavy atom. The Hall–Kier alpha value is -6.88. The SMILES string of the molecule is c1ccc(C2Nc3ccc4ccc5c(-c6cccc(N(c7ccccc7)c7ccccc7-c7ccc8sc9ccccc9c8c7)c6)cccc5c4c3O2)cc1. The van der Waals surface area contributed by atoms with E-state index in [1.165, 1.54) is 47.6 Å². The van der Waals surface area contributed by atoms with Gasteiger partial charge in [-0.1, -0.05) is 140 Å². The van der Waals surface area contributed by atoms with Crippen LogP contribution in [0.25, 0.3) is 64.0 Å². The molecule has 0 saturated heterocycles. The summed E-state index contributed by atoms with van der Waals surface area (Å²) in [6, 6.07) is 69.9. The van der Waals surface area contributed by atoms with Crippen molar-refractivity contribution in [2.45, 2.75) is 6.23 Å². The Labute approximate surface area is 323 Å². The lowest BCUT2D eigenvalue weighted by Crippen LogP contribution is -2.11. The predicted octanol–water partition coefficient (Wildman–Crippen LogP) is 14.7. The quantitative estimate of drug-likeness (QED) is 0.173. The van der Waals surface area contributed by atoms with E-state index >= 15 is 0 Å². The van der Waals surface area contributed by atoms with Crippen LogP contribution in [0, 0.1) is 0 Å². The fraction of sp³-hybridized carbons (Fsp3) is 0.0196. The molecule has 1 aliphatic heterocycles. The first-order valence-corrected chi connectivity index (χ1v) is 19.5. The predicted molar refractivity (Wildman–Crippen MR) is 233 cm³/mol. The topological polar surface area (TPSA) is 24.5 Å². The zero-order valence-corrected chi connectivity index (χ0v) is 30.6. The van der Waals surface area contributed by atoms with Crippen LogP contribution in [0.3, 0.4) is 0 Å². The number of ether oxygens (including phenoxy) is 1. The molecular formula is C51H34N2OS. The zero-order valence-electron chi connectivity index (χ0n) is 29.8. The highest BCUT2D eigenvalue weighted by molar-refractivity contribution is 7.25. The van der Waals surface area contributed by atoms with Crippen molar-refractivity contribution in [1.82, 2.24) is 0 Å². The van der Waals surface area contributed by atoms with Crippen LogP contribution in [0.4, 0.5) is 22.7 Å². The van der Waals surface area contributed by atoms with Gasteiger partial charge >= 0.3 is 0 Å². The summed E-state index contributed by atoms with van der Waals surface area (Å²) in [6.45, 7) is 0. The summed E-state index contributed by atoms with van der Waals surface area (Å²) < 4.78 is 9.30. The first-order valence-electron chi connectivity index (χ1n) is 18.7. The Bertz CT molecular complexity index is 3060. The third kappa shape index (κ3) is 5.33. The lowest BCUT2D eigenvalue weighted by Gasteiger charge is -2.28. The zero-order chi connectivity index (χ0) is 36.3. The van der Waals surface area contributed by atoms with E-state index in [0.717, 1.165) is 50.4 Å². The Kier molecular flexibility index (Phi) is 7.42. The molecule has 10 aromatic rings. The molecule has 1 aliphatic rings. The van der Waals surface area contributed by atoms with Crippen LogP contribution in [-0.2, 0) is 0 Å². The van der Waals surface area contributed by atoms with Gasteiger partial charge in [0.1, 0.15) is 0 Å². The van der Waals surface area contributed by atoms with Gasteiger partial charge in [-0.15, -0.1) is 11.3 Å². The minimum absolute atomic E-state index is 0.227. The summed E-state index contributed by atoms with van der Waals surface area (Å²) in [7, 11) is 0. The van der Waals surface area contributed by atoms with E-state index in [0.29, 0.717) is 0 Å². The van der Waals surface area contributed by atoms with Crippen molar-refractivity contribution in [2.75, 3.05) is 10.2 Å². The summed E-state index contributed by atoms with van der Waals surface area (Å²) in [5, 5.41) is 10.9. The summed E-state index contributed by atoms with van der Waals surface area (Å²) >= 11 is 1.85. The molecule has 1 aromatic heterocycles. The largest absolute Gasteiger partial charge is 0.464 e. The first kappa shape index (κ1) is 31.6. The van der Waals surface area contributed by atoms with Crippen molar-refractivity contribution in [2.24, 2.45) is 0 Å². The van der Waals surface area contributed by atoms with Crippen molar-refractivity contribution in [3.05, 3.63) is 200 Å². The van der Waals surface area contributed by atoms with Crippen LogP contribution < -0.4 is 15.0 Å². The van der Waals surface area contributed by atoms with E-state index in [9.17, 15) is 0 Å². The number of nitrogens with one attached hydrogen (secondary N) is 1. The van der Waals surface area contributed by atoms with E-state index in [-0.39, 0.29) is 6.23 Å². The van der Waals surface area contributed by atoms with Gasteiger partial charge < -0.3 is 15.0 Å². The van der Waals surface area contributed by atoms with Crippen LogP contribution in [-0.4, -0.2) is 0 Å². The van der Waals surface area contributed by atoms with Gasteiger partial charge in [-0.05, 0) is 87.4 Å². The van der Waals surface area contributed by atoms with Crippen molar-refractivity contribution >= 4 is 75.8 Å². The third-order valence-electron chi connectivity index (χ3n) is 10.9. The van der Waals surface area contributed by atoms with Crippen molar-refractivity contribution in [3.8, 4) is 28.0 Å². The smallest absolute Gasteiger partial charge is 0.196 e. The Morgan fingerprint density at radius 1 is 0.473 bits per heavy atom. The second kappa shape index (κ2) is 12.9. The molecule has 1 unspecified atom stereocenters. The summed E-state index contributed by atoms with van der Waals surface area (Å²) in [4.78, 5) is 2.39. The first-order chi connectivity index (χ1) is 27.3. The fourth-order valence-electron chi connectivity index (χ4n) is 8.33.